The molecule has 0 aromatic heterocycles. The molecule has 0 spiro atoms. The number of unbranched alkanes of at least 4 members (excludes halogenated alkanes) is 26. The lowest BCUT2D eigenvalue weighted by molar-refractivity contribution is 0.390. The molecule has 0 bridgehead atoms. The standard InChI is InChI=1S/C52H86N2O2/c1-3-5-7-9-11-13-15-17-19-21-23-25-27-29-33-45-37-39-51(55)47(41-45)43-53-49-35-31-32-36-50(49)54-44-48-42-46(38-40-52(48)56)34-30-28-26-24-22-20-18-16-14-12-10-8-6-4-2/h37-44,49-50,55-56H,3-36H2,1-2H3/t49-,50-/m0/s1. The molecule has 0 radical (unpaired) electrons. The fourth-order valence-corrected chi connectivity index (χ4v) is 8.56. The van der Waals surface area contributed by atoms with Crippen molar-refractivity contribution in [3.63, 3.8) is 0 Å². The number of nitrogens with zero attached hydrogens (tertiary/aromatic N) is 2. The van der Waals surface area contributed by atoms with Gasteiger partial charge in [-0.3, -0.25) is 9.98 Å². The Kier molecular flexibility index (Phi) is 27.6. The molecule has 4 nitrogen and oxygen atoms in total. The minimum atomic E-state index is 0.0923. The van der Waals surface area contributed by atoms with E-state index in [9.17, 15) is 10.2 Å². The van der Waals surface area contributed by atoms with E-state index in [1.807, 2.05) is 24.6 Å². The van der Waals surface area contributed by atoms with Gasteiger partial charge in [0.25, 0.3) is 0 Å². The zero-order chi connectivity index (χ0) is 39.7. The topological polar surface area (TPSA) is 65.2 Å². The van der Waals surface area contributed by atoms with Crippen molar-refractivity contribution < 1.29 is 10.2 Å². The monoisotopic (exact) mass is 771 g/mol. The average Bonchev–Trinajstić information content (AvgIpc) is 3.21. The van der Waals surface area contributed by atoms with Crippen LogP contribution < -0.4 is 0 Å². The third-order valence-corrected chi connectivity index (χ3v) is 12.3. The lowest BCUT2D eigenvalue weighted by Crippen LogP contribution is -2.27. The van der Waals surface area contributed by atoms with Gasteiger partial charge in [-0.05, 0) is 73.9 Å². The zero-order valence-electron chi connectivity index (χ0n) is 36.6. The number of rotatable bonds is 34. The molecule has 1 fully saturated rings. The zero-order valence-corrected chi connectivity index (χ0v) is 36.6. The average molecular weight is 771 g/mol. The van der Waals surface area contributed by atoms with Gasteiger partial charge < -0.3 is 10.2 Å². The van der Waals surface area contributed by atoms with Gasteiger partial charge in [0, 0.05) is 23.6 Å². The maximum absolute atomic E-state index is 10.7. The van der Waals surface area contributed by atoms with E-state index in [0.29, 0.717) is 11.5 Å². The maximum atomic E-state index is 10.7. The van der Waals surface area contributed by atoms with E-state index in [-0.39, 0.29) is 12.1 Å². The predicted octanol–water partition coefficient (Wildman–Crippen LogP) is 16.0. The van der Waals surface area contributed by atoms with Crippen molar-refractivity contribution in [1.82, 2.24) is 0 Å². The molecule has 2 aromatic rings. The highest BCUT2D eigenvalue weighted by Gasteiger charge is 2.23. The first-order chi connectivity index (χ1) is 27.6. The van der Waals surface area contributed by atoms with Crippen LogP contribution in [0.4, 0.5) is 0 Å². The molecule has 0 saturated heterocycles. The molecule has 0 amide bonds. The van der Waals surface area contributed by atoms with E-state index < -0.39 is 0 Å². The number of aryl methyl sites for hydroxylation is 2. The van der Waals surface area contributed by atoms with Gasteiger partial charge in [-0.1, -0.05) is 206 Å². The molecule has 1 aliphatic carbocycles. The highest BCUT2D eigenvalue weighted by molar-refractivity contribution is 5.84. The van der Waals surface area contributed by atoms with Gasteiger partial charge in [-0.25, -0.2) is 0 Å². The summed E-state index contributed by atoms with van der Waals surface area (Å²) in [5.74, 6) is 0.602. The summed E-state index contributed by atoms with van der Waals surface area (Å²) < 4.78 is 0. The Balaban J connectivity index is 1.33. The number of hydrogen-bond acceptors (Lipinski definition) is 4. The van der Waals surface area contributed by atoms with Gasteiger partial charge in [0.05, 0.1) is 12.1 Å². The van der Waals surface area contributed by atoms with Gasteiger partial charge in [-0.15, -0.1) is 0 Å². The quantitative estimate of drug-likeness (QED) is 0.0550. The fourth-order valence-electron chi connectivity index (χ4n) is 8.56. The van der Waals surface area contributed by atoms with E-state index in [4.69, 9.17) is 9.98 Å². The van der Waals surface area contributed by atoms with Crippen LogP contribution in [-0.4, -0.2) is 34.7 Å². The third kappa shape index (κ3) is 22.4. The first-order valence-corrected chi connectivity index (χ1v) is 24.3. The number of benzene rings is 2. The first-order valence-electron chi connectivity index (χ1n) is 24.3. The highest BCUT2D eigenvalue weighted by Crippen LogP contribution is 2.27. The van der Waals surface area contributed by atoms with Gasteiger partial charge in [-0.2, -0.15) is 0 Å². The van der Waals surface area contributed by atoms with Gasteiger partial charge >= 0.3 is 0 Å². The molecule has 316 valence electrons. The highest BCUT2D eigenvalue weighted by atomic mass is 16.3. The summed E-state index contributed by atoms with van der Waals surface area (Å²) in [5.41, 5.74) is 4.20. The van der Waals surface area contributed by atoms with Crippen molar-refractivity contribution in [2.45, 2.75) is 244 Å². The summed E-state index contributed by atoms with van der Waals surface area (Å²) in [6.45, 7) is 4.58. The van der Waals surface area contributed by atoms with Crippen molar-refractivity contribution in [1.29, 1.82) is 0 Å². The molecule has 3 rings (SSSR count). The summed E-state index contributed by atoms with van der Waals surface area (Å²) >= 11 is 0. The molecule has 56 heavy (non-hydrogen) atoms. The second kappa shape index (κ2) is 32.3. The fraction of sp³-hybridized carbons (Fsp3) is 0.731. The van der Waals surface area contributed by atoms with Crippen LogP contribution in [0.1, 0.15) is 242 Å². The van der Waals surface area contributed by atoms with Crippen molar-refractivity contribution in [2.75, 3.05) is 0 Å². The Bertz CT molecular complexity index is 1200. The Morgan fingerprint density at radius 3 is 1.02 bits per heavy atom. The smallest absolute Gasteiger partial charge is 0.124 e. The van der Waals surface area contributed by atoms with Crippen LogP contribution in [0.3, 0.4) is 0 Å². The number of aliphatic imine (C=N–C) groups is 2. The van der Waals surface area contributed by atoms with E-state index in [2.05, 4.69) is 38.1 Å². The molecule has 0 aliphatic heterocycles. The number of hydrogen-bond donors (Lipinski definition) is 2. The van der Waals surface area contributed by atoms with E-state index >= 15 is 0 Å². The van der Waals surface area contributed by atoms with Crippen molar-refractivity contribution in [3.8, 4) is 11.5 Å². The SMILES string of the molecule is CCCCCCCCCCCCCCCCc1ccc(O)c(C=N[C@H]2CCCC[C@@H]2N=Cc2cc(CCCCCCCCCCCCCCCC)ccc2O)c1. The lowest BCUT2D eigenvalue weighted by Gasteiger charge is -2.25. The normalized spacial score (nSPS) is 16.1. The Hall–Kier alpha value is -2.62. The number of aromatic hydroxyl groups is 2. The summed E-state index contributed by atoms with van der Waals surface area (Å²) in [7, 11) is 0. The minimum absolute atomic E-state index is 0.0923. The van der Waals surface area contributed by atoms with Crippen LogP contribution in [0, 0.1) is 0 Å². The first kappa shape index (κ1) is 47.8. The molecule has 2 atom stereocenters. The van der Waals surface area contributed by atoms with Gasteiger partial charge in [0.15, 0.2) is 0 Å². The van der Waals surface area contributed by atoms with Crippen molar-refractivity contribution >= 4 is 12.4 Å². The molecule has 0 heterocycles. The minimum Gasteiger partial charge on any atom is -0.507 e. The van der Waals surface area contributed by atoms with Crippen LogP contribution in [-0.2, 0) is 12.8 Å². The predicted molar refractivity (Wildman–Crippen MR) is 245 cm³/mol. The molecule has 1 aliphatic rings. The molecular formula is C52H86N2O2. The molecule has 4 heteroatoms. The van der Waals surface area contributed by atoms with Gasteiger partial charge in [0.1, 0.15) is 11.5 Å². The third-order valence-electron chi connectivity index (χ3n) is 12.3. The number of phenolic OH excluding ortho intramolecular Hbond substituents is 2. The molecular weight excluding hydrogens is 685 g/mol. The summed E-state index contributed by atoms with van der Waals surface area (Å²) in [6.07, 6.45) is 48.7. The summed E-state index contributed by atoms with van der Waals surface area (Å²) in [5, 5.41) is 21.3. The molecule has 0 unspecified atom stereocenters. The Morgan fingerprint density at radius 2 is 0.714 bits per heavy atom. The van der Waals surface area contributed by atoms with Crippen molar-refractivity contribution in [3.05, 3.63) is 58.7 Å². The summed E-state index contributed by atoms with van der Waals surface area (Å²) in [6, 6.07) is 12.3. The van der Waals surface area contributed by atoms with E-state index in [1.54, 1.807) is 0 Å². The van der Waals surface area contributed by atoms with Crippen LogP contribution in [0.25, 0.3) is 0 Å². The molecule has 2 N–H and O–H groups in total. The van der Waals surface area contributed by atoms with Crippen LogP contribution in [0.15, 0.2) is 46.4 Å². The van der Waals surface area contributed by atoms with E-state index in [1.165, 1.54) is 191 Å². The summed E-state index contributed by atoms with van der Waals surface area (Å²) in [4.78, 5) is 10.0. The maximum Gasteiger partial charge on any atom is 0.124 e. The Labute approximate surface area is 345 Å². The van der Waals surface area contributed by atoms with Crippen LogP contribution in [0.5, 0.6) is 11.5 Å². The molecule has 1 saturated carbocycles. The molecule has 2 aromatic carbocycles. The van der Waals surface area contributed by atoms with Crippen LogP contribution >= 0.6 is 0 Å². The second-order valence-electron chi connectivity index (χ2n) is 17.5. The van der Waals surface area contributed by atoms with Gasteiger partial charge in [0.2, 0.25) is 0 Å². The largest absolute Gasteiger partial charge is 0.507 e. The second-order valence-corrected chi connectivity index (χ2v) is 17.5. The number of phenols is 2. The van der Waals surface area contributed by atoms with E-state index in [0.717, 1.165) is 49.7 Å². The van der Waals surface area contributed by atoms with Crippen LogP contribution in [0.2, 0.25) is 0 Å². The Morgan fingerprint density at radius 1 is 0.429 bits per heavy atom. The lowest BCUT2D eigenvalue weighted by atomic mass is 9.91. The van der Waals surface area contributed by atoms with Crippen molar-refractivity contribution in [2.24, 2.45) is 9.98 Å².